The van der Waals surface area contributed by atoms with E-state index in [4.69, 9.17) is 4.42 Å². The molecule has 0 N–H and O–H groups in total. The molecule has 0 saturated carbocycles. The third-order valence-electron chi connectivity index (χ3n) is 5.23. The van der Waals surface area contributed by atoms with Gasteiger partial charge in [-0.05, 0) is 69.8 Å². The summed E-state index contributed by atoms with van der Waals surface area (Å²) in [6, 6.07) is 18.0. The first kappa shape index (κ1) is 19.3. The second-order valence-corrected chi connectivity index (χ2v) is 11.1. The molecule has 2 heterocycles. The minimum Gasteiger partial charge on any atom is -0.461 e. The normalized spacial score (nSPS) is 12.9. The van der Waals surface area contributed by atoms with Gasteiger partial charge in [-0.15, -0.1) is 11.3 Å². The molecule has 146 valence electrons. The number of hydrogen-bond donors (Lipinski definition) is 0. The Bertz CT molecular complexity index is 1100. The Labute approximate surface area is 172 Å². The third kappa shape index (κ3) is 4.50. The molecule has 4 rings (SSSR count). The molecule has 2 heteroatoms. The average Bonchev–Trinajstić information content (AvgIpc) is 3.17. The van der Waals surface area contributed by atoms with Crippen molar-refractivity contribution in [3.8, 4) is 0 Å². The minimum absolute atomic E-state index is 0.146. The van der Waals surface area contributed by atoms with Gasteiger partial charge in [-0.2, -0.15) is 0 Å². The fourth-order valence-electron chi connectivity index (χ4n) is 4.14. The summed E-state index contributed by atoms with van der Waals surface area (Å²) in [7, 11) is 0. The van der Waals surface area contributed by atoms with Gasteiger partial charge < -0.3 is 4.42 Å². The Morgan fingerprint density at radius 1 is 0.750 bits per heavy atom. The van der Waals surface area contributed by atoms with E-state index in [1.165, 1.54) is 26.6 Å². The molecule has 0 aliphatic carbocycles. The van der Waals surface area contributed by atoms with Crippen LogP contribution in [0.15, 0.2) is 58.3 Å². The SMILES string of the molecule is CC(C)(C)Cc1ccc2cc(CC(C)(C)Cc3ccc4ccsc4c3)oc2c1. The first-order valence-corrected chi connectivity index (χ1v) is 11.0. The molecule has 2 aromatic carbocycles. The summed E-state index contributed by atoms with van der Waals surface area (Å²) in [5.74, 6) is 1.09. The monoisotopic (exact) mass is 390 g/mol. The number of benzene rings is 2. The summed E-state index contributed by atoms with van der Waals surface area (Å²) >= 11 is 1.82. The van der Waals surface area contributed by atoms with Gasteiger partial charge >= 0.3 is 0 Å². The highest BCUT2D eigenvalue weighted by Gasteiger charge is 2.22. The van der Waals surface area contributed by atoms with Crippen molar-refractivity contribution < 1.29 is 4.42 Å². The van der Waals surface area contributed by atoms with E-state index in [9.17, 15) is 0 Å². The summed E-state index contributed by atoms with van der Waals surface area (Å²) in [5, 5.41) is 4.72. The lowest BCUT2D eigenvalue weighted by Gasteiger charge is -2.23. The van der Waals surface area contributed by atoms with Crippen molar-refractivity contribution in [2.24, 2.45) is 10.8 Å². The Hall–Kier alpha value is -2.06. The molecule has 0 saturated heterocycles. The zero-order valence-corrected chi connectivity index (χ0v) is 18.5. The molecule has 1 nitrogen and oxygen atoms in total. The standard InChI is InChI=1S/C26H30OS/c1-25(2,3)15-18-7-9-21-14-22(27-23(21)12-18)17-26(4,5)16-19-6-8-20-10-11-28-24(20)13-19/h6-14H,15-17H2,1-5H3. The van der Waals surface area contributed by atoms with Crippen LogP contribution in [0.4, 0.5) is 0 Å². The van der Waals surface area contributed by atoms with Crippen LogP contribution in [0.5, 0.6) is 0 Å². The molecule has 0 aliphatic rings. The van der Waals surface area contributed by atoms with Crippen LogP contribution < -0.4 is 0 Å². The predicted octanol–water partition coefficient (Wildman–Crippen LogP) is 8.05. The molecule has 28 heavy (non-hydrogen) atoms. The molecule has 0 fully saturated rings. The molecule has 0 spiro atoms. The molecule has 0 atom stereocenters. The zero-order valence-electron chi connectivity index (χ0n) is 17.6. The lowest BCUT2D eigenvalue weighted by molar-refractivity contribution is 0.331. The fraction of sp³-hybridized carbons (Fsp3) is 0.385. The van der Waals surface area contributed by atoms with E-state index in [0.29, 0.717) is 0 Å². The van der Waals surface area contributed by atoms with Crippen LogP contribution in [0.25, 0.3) is 21.1 Å². The minimum atomic E-state index is 0.146. The highest BCUT2D eigenvalue weighted by molar-refractivity contribution is 7.17. The molecule has 0 radical (unpaired) electrons. The van der Waals surface area contributed by atoms with Crippen molar-refractivity contribution in [3.63, 3.8) is 0 Å². The van der Waals surface area contributed by atoms with E-state index < -0.39 is 0 Å². The Kier molecular flexibility index (Phi) is 4.87. The Morgan fingerprint density at radius 3 is 2.21 bits per heavy atom. The molecule has 0 amide bonds. The molecule has 0 bridgehead atoms. The largest absolute Gasteiger partial charge is 0.461 e. The maximum Gasteiger partial charge on any atom is 0.134 e. The average molecular weight is 391 g/mol. The van der Waals surface area contributed by atoms with Crippen LogP contribution in [0, 0.1) is 10.8 Å². The second kappa shape index (κ2) is 7.08. The van der Waals surface area contributed by atoms with Crippen LogP contribution in [-0.4, -0.2) is 0 Å². The van der Waals surface area contributed by atoms with Gasteiger partial charge in [-0.25, -0.2) is 0 Å². The summed E-state index contributed by atoms with van der Waals surface area (Å²) < 4.78 is 7.63. The van der Waals surface area contributed by atoms with Gasteiger partial charge in [0.15, 0.2) is 0 Å². The van der Waals surface area contributed by atoms with Gasteiger partial charge in [0, 0.05) is 16.5 Å². The number of furan rings is 1. The van der Waals surface area contributed by atoms with E-state index in [1.54, 1.807) is 0 Å². The van der Waals surface area contributed by atoms with Crippen molar-refractivity contribution in [2.45, 2.75) is 53.9 Å². The van der Waals surface area contributed by atoms with Crippen molar-refractivity contribution in [1.29, 1.82) is 0 Å². The third-order valence-corrected chi connectivity index (χ3v) is 6.11. The topological polar surface area (TPSA) is 13.1 Å². The van der Waals surface area contributed by atoms with E-state index in [1.807, 2.05) is 11.3 Å². The van der Waals surface area contributed by atoms with E-state index in [2.05, 4.69) is 88.5 Å². The number of hydrogen-bond acceptors (Lipinski definition) is 2. The summed E-state index contributed by atoms with van der Waals surface area (Å²) in [4.78, 5) is 0. The Balaban J connectivity index is 1.52. The van der Waals surface area contributed by atoms with Crippen molar-refractivity contribution in [2.75, 3.05) is 0 Å². The van der Waals surface area contributed by atoms with Gasteiger partial charge in [0.25, 0.3) is 0 Å². The maximum atomic E-state index is 6.26. The molecule has 4 aromatic rings. The van der Waals surface area contributed by atoms with Crippen LogP contribution in [-0.2, 0) is 19.3 Å². The summed E-state index contributed by atoms with van der Waals surface area (Å²) in [5.41, 5.74) is 4.21. The maximum absolute atomic E-state index is 6.26. The molecule has 0 unspecified atom stereocenters. The van der Waals surface area contributed by atoms with E-state index in [-0.39, 0.29) is 10.8 Å². The van der Waals surface area contributed by atoms with Crippen LogP contribution in [0.2, 0.25) is 0 Å². The quantitative estimate of drug-likeness (QED) is 0.336. The summed E-state index contributed by atoms with van der Waals surface area (Å²) in [6.45, 7) is 11.5. The highest BCUT2D eigenvalue weighted by atomic mass is 32.1. The number of fused-ring (bicyclic) bond motifs is 2. The van der Waals surface area contributed by atoms with E-state index in [0.717, 1.165) is 30.6 Å². The highest BCUT2D eigenvalue weighted by Crippen LogP contribution is 2.32. The molecular formula is C26H30OS. The molecule has 2 aromatic heterocycles. The van der Waals surface area contributed by atoms with Gasteiger partial charge in [-0.1, -0.05) is 58.9 Å². The lowest BCUT2D eigenvalue weighted by atomic mass is 9.82. The predicted molar refractivity (Wildman–Crippen MR) is 122 cm³/mol. The Morgan fingerprint density at radius 2 is 1.46 bits per heavy atom. The van der Waals surface area contributed by atoms with Crippen molar-refractivity contribution >= 4 is 32.4 Å². The first-order valence-electron chi connectivity index (χ1n) is 10.1. The number of rotatable bonds is 5. The van der Waals surface area contributed by atoms with Gasteiger partial charge in [-0.3, -0.25) is 0 Å². The lowest BCUT2D eigenvalue weighted by Crippen LogP contribution is -2.18. The number of thiophene rings is 1. The van der Waals surface area contributed by atoms with Crippen LogP contribution >= 0.6 is 11.3 Å². The van der Waals surface area contributed by atoms with Crippen LogP contribution in [0.1, 0.15) is 51.5 Å². The zero-order chi connectivity index (χ0) is 19.9. The van der Waals surface area contributed by atoms with Crippen LogP contribution in [0.3, 0.4) is 0 Å². The van der Waals surface area contributed by atoms with Gasteiger partial charge in [0.1, 0.15) is 11.3 Å². The second-order valence-electron chi connectivity index (χ2n) is 10.1. The fourth-order valence-corrected chi connectivity index (χ4v) is 4.99. The van der Waals surface area contributed by atoms with Gasteiger partial charge in [0.05, 0.1) is 0 Å². The molecular weight excluding hydrogens is 360 g/mol. The van der Waals surface area contributed by atoms with Crippen molar-refractivity contribution in [1.82, 2.24) is 0 Å². The van der Waals surface area contributed by atoms with E-state index >= 15 is 0 Å². The van der Waals surface area contributed by atoms with Crippen molar-refractivity contribution in [3.05, 3.63) is 70.8 Å². The smallest absolute Gasteiger partial charge is 0.134 e. The first-order chi connectivity index (χ1) is 13.2. The van der Waals surface area contributed by atoms with Gasteiger partial charge in [0.2, 0.25) is 0 Å². The molecule has 0 aliphatic heterocycles. The summed E-state index contributed by atoms with van der Waals surface area (Å²) in [6.07, 6.45) is 3.06.